The van der Waals surface area contributed by atoms with Crippen LogP contribution in [0.25, 0.3) is 0 Å². The maximum Gasteiger partial charge on any atom is 0.274 e. The maximum absolute atomic E-state index is 12.2. The Kier molecular flexibility index (Phi) is 3.99. The molecule has 1 amide bonds. The third-order valence-corrected chi connectivity index (χ3v) is 4.67. The van der Waals surface area contributed by atoms with Crippen LogP contribution in [-0.2, 0) is 0 Å². The maximum atomic E-state index is 12.2. The minimum atomic E-state index is 0.0522. The number of hydrogen-bond donors (Lipinski definition) is 1. The molecule has 0 saturated carbocycles. The molecule has 0 radical (unpaired) electrons. The SMILES string of the molecule is Cc1cc(C(=O)N2CC(N3CCN(C(C)C)CC3)C2)n[nH]1. The van der Waals surface area contributed by atoms with Crippen LogP contribution in [0.1, 0.15) is 30.0 Å². The lowest BCUT2D eigenvalue weighted by Crippen LogP contribution is -2.64. The van der Waals surface area contributed by atoms with Crippen molar-refractivity contribution < 1.29 is 4.79 Å². The molecule has 3 heterocycles. The number of amides is 1. The van der Waals surface area contributed by atoms with Gasteiger partial charge in [0, 0.05) is 57.0 Å². The van der Waals surface area contributed by atoms with Gasteiger partial charge >= 0.3 is 0 Å². The van der Waals surface area contributed by atoms with Crippen molar-refractivity contribution in [2.24, 2.45) is 0 Å². The zero-order valence-electron chi connectivity index (χ0n) is 13.2. The third-order valence-electron chi connectivity index (χ3n) is 4.67. The number of carbonyl (C=O) groups excluding carboxylic acids is 1. The van der Waals surface area contributed by atoms with E-state index in [0.29, 0.717) is 17.8 Å². The van der Waals surface area contributed by atoms with E-state index >= 15 is 0 Å². The summed E-state index contributed by atoms with van der Waals surface area (Å²) in [7, 11) is 0. The Bertz CT molecular complexity index is 498. The second kappa shape index (κ2) is 5.77. The summed E-state index contributed by atoms with van der Waals surface area (Å²) < 4.78 is 0. The van der Waals surface area contributed by atoms with Gasteiger partial charge in [0.15, 0.2) is 0 Å². The number of likely N-dealkylation sites (tertiary alicyclic amines) is 1. The van der Waals surface area contributed by atoms with E-state index in [1.807, 2.05) is 17.9 Å². The monoisotopic (exact) mass is 291 g/mol. The van der Waals surface area contributed by atoms with E-state index in [4.69, 9.17) is 0 Å². The predicted molar refractivity (Wildman–Crippen MR) is 81.3 cm³/mol. The number of hydrogen-bond acceptors (Lipinski definition) is 4. The number of nitrogens with one attached hydrogen (secondary N) is 1. The molecular weight excluding hydrogens is 266 g/mol. The summed E-state index contributed by atoms with van der Waals surface area (Å²) in [6.45, 7) is 12.6. The summed E-state index contributed by atoms with van der Waals surface area (Å²) in [4.78, 5) is 19.2. The first-order valence-corrected chi connectivity index (χ1v) is 7.84. The minimum absolute atomic E-state index is 0.0522. The number of piperazine rings is 1. The lowest BCUT2D eigenvalue weighted by molar-refractivity contribution is 0.00288. The minimum Gasteiger partial charge on any atom is -0.334 e. The lowest BCUT2D eigenvalue weighted by Gasteiger charge is -2.48. The van der Waals surface area contributed by atoms with Crippen molar-refractivity contribution in [3.8, 4) is 0 Å². The molecule has 1 N–H and O–H groups in total. The molecule has 2 fully saturated rings. The van der Waals surface area contributed by atoms with Gasteiger partial charge in [-0.3, -0.25) is 19.7 Å². The number of carbonyl (C=O) groups is 1. The van der Waals surface area contributed by atoms with Crippen LogP contribution in [0.3, 0.4) is 0 Å². The highest BCUT2D eigenvalue weighted by atomic mass is 16.2. The van der Waals surface area contributed by atoms with Gasteiger partial charge < -0.3 is 4.90 Å². The molecule has 0 atom stereocenters. The molecule has 0 aliphatic carbocycles. The van der Waals surface area contributed by atoms with E-state index in [0.717, 1.165) is 45.0 Å². The highest BCUT2D eigenvalue weighted by Crippen LogP contribution is 2.19. The molecule has 1 aromatic rings. The largest absolute Gasteiger partial charge is 0.334 e. The van der Waals surface area contributed by atoms with Crippen molar-refractivity contribution >= 4 is 5.91 Å². The fourth-order valence-corrected chi connectivity index (χ4v) is 3.16. The molecule has 1 aromatic heterocycles. The van der Waals surface area contributed by atoms with Crippen LogP contribution in [-0.4, -0.2) is 82.2 Å². The van der Waals surface area contributed by atoms with Gasteiger partial charge in [-0.15, -0.1) is 0 Å². The summed E-state index contributed by atoms with van der Waals surface area (Å²) in [6, 6.07) is 2.98. The summed E-state index contributed by atoms with van der Waals surface area (Å²) in [6.07, 6.45) is 0. The molecule has 0 spiro atoms. The average molecular weight is 291 g/mol. The lowest BCUT2D eigenvalue weighted by atomic mass is 10.0. The normalized spacial score (nSPS) is 21.8. The topological polar surface area (TPSA) is 55.5 Å². The first kappa shape index (κ1) is 14.5. The second-order valence-corrected chi connectivity index (χ2v) is 6.47. The van der Waals surface area contributed by atoms with Crippen molar-refractivity contribution in [2.75, 3.05) is 39.3 Å². The first-order chi connectivity index (χ1) is 10.0. The molecule has 0 bridgehead atoms. The molecule has 2 aliphatic heterocycles. The summed E-state index contributed by atoms with van der Waals surface area (Å²) >= 11 is 0. The molecule has 6 nitrogen and oxygen atoms in total. The number of H-pyrrole nitrogens is 1. The molecule has 3 rings (SSSR count). The smallest absolute Gasteiger partial charge is 0.274 e. The molecule has 21 heavy (non-hydrogen) atoms. The van der Waals surface area contributed by atoms with Crippen LogP contribution in [0, 0.1) is 6.92 Å². The molecular formula is C15H25N5O. The zero-order chi connectivity index (χ0) is 15.0. The molecule has 2 aliphatic rings. The molecule has 0 aromatic carbocycles. The second-order valence-electron chi connectivity index (χ2n) is 6.47. The van der Waals surface area contributed by atoms with E-state index in [2.05, 4.69) is 33.8 Å². The quantitative estimate of drug-likeness (QED) is 0.884. The van der Waals surface area contributed by atoms with Crippen LogP contribution in [0.2, 0.25) is 0 Å². The van der Waals surface area contributed by atoms with Gasteiger partial charge in [0.2, 0.25) is 0 Å². The van der Waals surface area contributed by atoms with Crippen LogP contribution in [0.4, 0.5) is 0 Å². The van der Waals surface area contributed by atoms with Gasteiger partial charge in [-0.25, -0.2) is 0 Å². The fraction of sp³-hybridized carbons (Fsp3) is 0.733. The van der Waals surface area contributed by atoms with Crippen LogP contribution >= 0.6 is 0 Å². The van der Waals surface area contributed by atoms with Crippen molar-refractivity contribution in [2.45, 2.75) is 32.9 Å². The number of nitrogens with zero attached hydrogens (tertiary/aromatic N) is 4. The summed E-state index contributed by atoms with van der Waals surface area (Å²) in [5.74, 6) is 0.0522. The van der Waals surface area contributed by atoms with Gasteiger partial charge in [0.1, 0.15) is 5.69 Å². The van der Waals surface area contributed by atoms with Crippen LogP contribution in [0.15, 0.2) is 6.07 Å². The molecule has 6 heteroatoms. The van der Waals surface area contributed by atoms with Crippen LogP contribution < -0.4 is 0 Å². The highest BCUT2D eigenvalue weighted by molar-refractivity contribution is 5.93. The molecule has 0 unspecified atom stereocenters. The van der Waals surface area contributed by atoms with Gasteiger partial charge in [0.25, 0.3) is 5.91 Å². The molecule has 116 valence electrons. The van der Waals surface area contributed by atoms with E-state index in [1.54, 1.807) is 0 Å². The Hall–Kier alpha value is -1.40. The van der Waals surface area contributed by atoms with E-state index in [9.17, 15) is 4.79 Å². The first-order valence-electron chi connectivity index (χ1n) is 7.84. The predicted octanol–water partition coefficient (Wildman–Crippen LogP) is 0.569. The number of rotatable bonds is 3. The van der Waals surface area contributed by atoms with Gasteiger partial charge in [-0.2, -0.15) is 5.10 Å². The fourth-order valence-electron chi connectivity index (χ4n) is 3.16. The summed E-state index contributed by atoms with van der Waals surface area (Å²) in [5, 5.41) is 6.88. The Morgan fingerprint density at radius 1 is 1.29 bits per heavy atom. The Morgan fingerprint density at radius 3 is 2.48 bits per heavy atom. The van der Waals surface area contributed by atoms with Gasteiger partial charge in [-0.1, -0.05) is 0 Å². The van der Waals surface area contributed by atoms with Crippen molar-refractivity contribution in [3.05, 3.63) is 17.5 Å². The van der Waals surface area contributed by atoms with E-state index < -0.39 is 0 Å². The summed E-state index contributed by atoms with van der Waals surface area (Å²) in [5.41, 5.74) is 1.47. The van der Waals surface area contributed by atoms with Crippen molar-refractivity contribution in [1.29, 1.82) is 0 Å². The van der Waals surface area contributed by atoms with Crippen molar-refractivity contribution in [3.63, 3.8) is 0 Å². The number of aryl methyl sites for hydroxylation is 1. The molecule has 2 saturated heterocycles. The number of aromatic amines is 1. The Labute approximate surface area is 126 Å². The van der Waals surface area contributed by atoms with E-state index in [1.165, 1.54) is 0 Å². The average Bonchev–Trinajstić information content (AvgIpc) is 2.84. The Morgan fingerprint density at radius 2 is 1.95 bits per heavy atom. The number of aromatic nitrogens is 2. The Balaban J connectivity index is 1.47. The van der Waals surface area contributed by atoms with E-state index in [-0.39, 0.29) is 5.91 Å². The van der Waals surface area contributed by atoms with Crippen molar-refractivity contribution in [1.82, 2.24) is 24.9 Å². The van der Waals surface area contributed by atoms with Crippen LogP contribution in [0.5, 0.6) is 0 Å². The third kappa shape index (κ3) is 2.96. The van der Waals surface area contributed by atoms with Gasteiger partial charge in [0.05, 0.1) is 0 Å². The zero-order valence-corrected chi connectivity index (χ0v) is 13.2. The standard InChI is InChI=1S/C15H25N5O/c1-11(2)18-4-6-19(7-5-18)13-9-20(10-13)15(21)14-8-12(3)16-17-14/h8,11,13H,4-7,9-10H2,1-3H3,(H,16,17). The highest BCUT2D eigenvalue weighted by Gasteiger charge is 2.37. The van der Waals surface area contributed by atoms with Gasteiger partial charge in [-0.05, 0) is 26.8 Å².